The van der Waals surface area contributed by atoms with E-state index < -0.39 is 6.10 Å². The van der Waals surface area contributed by atoms with Crippen LogP contribution in [0.2, 0.25) is 0 Å². The lowest BCUT2D eigenvalue weighted by Crippen LogP contribution is -2.01. The molecule has 0 spiro atoms. The normalized spacial score (nSPS) is 12.6. The molecule has 1 N–H and O–H groups in total. The predicted molar refractivity (Wildman–Crippen MR) is 57.6 cm³/mol. The first kappa shape index (κ1) is 11.1. The fourth-order valence-corrected chi connectivity index (χ4v) is 1.34. The van der Waals surface area contributed by atoms with Gasteiger partial charge in [0.25, 0.3) is 0 Å². The summed E-state index contributed by atoms with van der Waals surface area (Å²) in [6.45, 7) is 6.53. The van der Waals surface area contributed by atoms with Crippen LogP contribution in [0.25, 0.3) is 0 Å². The molecule has 0 amide bonds. The van der Waals surface area contributed by atoms with Gasteiger partial charge in [-0.05, 0) is 32.4 Å². The van der Waals surface area contributed by atoms with Crippen LogP contribution >= 0.6 is 0 Å². The molecular weight excluding hydrogens is 176 g/mol. The van der Waals surface area contributed by atoms with E-state index >= 15 is 0 Å². The minimum Gasteiger partial charge on any atom is -0.493 e. The van der Waals surface area contributed by atoms with Gasteiger partial charge >= 0.3 is 0 Å². The Morgan fingerprint density at radius 1 is 1.43 bits per heavy atom. The molecule has 0 saturated carbocycles. The zero-order valence-corrected chi connectivity index (χ0v) is 9.08. The van der Waals surface area contributed by atoms with Crippen LogP contribution in [0, 0.1) is 6.92 Å². The molecule has 1 atom stereocenters. The third-order valence-electron chi connectivity index (χ3n) is 2.08. The standard InChI is InChI=1S/C12H18O2/c1-4-7-14-12-6-5-9(2)8-11(12)10(3)13/h5-6,8,10,13H,4,7H2,1-3H3/t10-/m1/s1. The Hall–Kier alpha value is -1.02. The van der Waals surface area contributed by atoms with Gasteiger partial charge < -0.3 is 9.84 Å². The molecule has 2 nitrogen and oxygen atoms in total. The van der Waals surface area contributed by atoms with Crippen LogP contribution in [-0.2, 0) is 0 Å². The second kappa shape index (κ2) is 5.01. The number of aryl methyl sites for hydroxylation is 1. The van der Waals surface area contributed by atoms with Gasteiger partial charge in [-0.15, -0.1) is 0 Å². The first-order valence-corrected chi connectivity index (χ1v) is 5.06. The Morgan fingerprint density at radius 2 is 2.14 bits per heavy atom. The van der Waals surface area contributed by atoms with E-state index in [2.05, 4.69) is 6.92 Å². The van der Waals surface area contributed by atoms with Crippen molar-refractivity contribution in [2.45, 2.75) is 33.3 Å². The lowest BCUT2D eigenvalue weighted by molar-refractivity contribution is 0.191. The Kier molecular flexibility index (Phi) is 3.96. The summed E-state index contributed by atoms with van der Waals surface area (Å²) < 4.78 is 5.54. The van der Waals surface area contributed by atoms with E-state index in [0.29, 0.717) is 6.61 Å². The van der Waals surface area contributed by atoms with Crippen LogP contribution < -0.4 is 4.74 Å². The summed E-state index contributed by atoms with van der Waals surface area (Å²) in [5.74, 6) is 0.799. The summed E-state index contributed by atoms with van der Waals surface area (Å²) >= 11 is 0. The highest BCUT2D eigenvalue weighted by atomic mass is 16.5. The molecule has 1 aromatic carbocycles. The van der Waals surface area contributed by atoms with Gasteiger partial charge in [0.05, 0.1) is 12.7 Å². The summed E-state index contributed by atoms with van der Waals surface area (Å²) in [4.78, 5) is 0. The Balaban J connectivity index is 2.90. The van der Waals surface area contributed by atoms with Crippen molar-refractivity contribution in [1.82, 2.24) is 0 Å². The fourth-order valence-electron chi connectivity index (χ4n) is 1.34. The van der Waals surface area contributed by atoms with E-state index in [-0.39, 0.29) is 0 Å². The van der Waals surface area contributed by atoms with E-state index in [4.69, 9.17) is 4.74 Å². The molecule has 2 heteroatoms. The van der Waals surface area contributed by atoms with E-state index in [1.165, 1.54) is 0 Å². The predicted octanol–water partition coefficient (Wildman–Crippen LogP) is 2.84. The van der Waals surface area contributed by atoms with Gasteiger partial charge in [0.1, 0.15) is 5.75 Å². The Labute approximate surface area is 85.5 Å². The molecule has 0 unspecified atom stereocenters. The molecule has 0 saturated heterocycles. The molecule has 78 valence electrons. The summed E-state index contributed by atoms with van der Waals surface area (Å²) in [6, 6.07) is 5.89. The number of hydrogen-bond donors (Lipinski definition) is 1. The molecule has 0 aliphatic heterocycles. The first-order chi connectivity index (χ1) is 6.65. The van der Waals surface area contributed by atoms with Gasteiger partial charge in [-0.1, -0.05) is 18.6 Å². The second-order valence-electron chi connectivity index (χ2n) is 3.57. The van der Waals surface area contributed by atoms with Crippen LogP contribution in [0.15, 0.2) is 18.2 Å². The molecular formula is C12H18O2. The molecule has 14 heavy (non-hydrogen) atoms. The Morgan fingerprint density at radius 3 is 2.71 bits per heavy atom. The van der Waals surface area contributed by atoms with Gasteiger partial charge in [0, 0.05) is 5.56 Å². The number of ether oxygens (including phenoxy) is 1. The average molecular weight is 194 g/mol. The summed E-state index contributed by atoms with van der Waals surface area (Å²) in [6.07, 6.45) is 0.509. The molecule has 0 fully saturated rings. The van der Waals surface area contributed by atoms with Gasteiger partial charge in [-0.3, -0.25) is 0 Å². The minimum absolute atomic E-state index is 0.471. The van der Waals surface area contributed by atoms with Crippen molar-refractivity contribution >= 4 is 0 Å². The smallest absolute Gasteiger partial charge is 0.125 e. The number of aliphatic hydroxyl groups is 1. The number of rotatable bonds is 4. The maximum atomic E-state index is 9.55. The van der Waals surface area contributed by atoms with Gasteiger partial charge in [0.15, 0.2) is 0 Å². The average Bonchev–Trinajstić information content (AvgIpc) is 2.15. The molecule has 0 radical (unpaired) electrons. The zero-order valence-electron chi connectivity index (χ0n) is 9.08. The second-order valence-corrected chi connectivity index (χ2v) is 3.57. The molecule has 0 aliphatic rings. The van der Waals surface area contributed by atoms with E-state index in [1.54, 1.807) is 6.92 Å². The molecule has 0 bridgehead atoms. The van der Waals surface area contributed by atoms with Crippen molar-refractivity contribution < 1.29 is 9.84 Å². The highest BCUT2D eigenvalue weighted by Gasteiger charge is 2.08. The van der Waals surface area contributed by atoms with Crippen LogP contribution in [0.1, 0.15) is 37.5 Å². The van der Waals surface area contributed by atoms with Crippen molar-refractivity contribution in [3.05, 3.63) is 29.3 Å². The topological polar surface area (TPSA) is 29.5 Å². The monoisotopic (exact) mass is 194 g/mol. The molecule has 1 aromatic rings. The number of aliphatic hydroxyl groups excluding tert-OH is 1. The van der Waals surface area contributed by atoms with Gasteiger partial charge in [-0.2, -0.15) is 0 Å². The van der Waals surface area contributed by atoms with Crippen molar-refractivity contribution in [3.63, 3.8) is 0 Å². The van der Waals surface area contributed by atoms with Crippen molar-refractivity contribution in [1.29, 1.82) is 0 Å². The minimum atomic E-state index is -0.471. The van der Waals surface area contributed by atoms with Gasteiger partial charge in [-0.25, -0.2) is 0 Å². The van der Waals surface area contributed by atoms with Crippen molar-refractivity contribution in [2.75, 3.05) is 6.61 Å². The summed E-state index contributed by atoms with van der Waals surface area (Å²) in [7, 11) is 0. The van der Waals surface area contributed by atoms with Crippen LogP contribution in [0.3, 0.4) is 0 Å². The molecule has 0 aromatic heterocycles. The van der Waals surface area contributed by atoms with Gasteiger partial charge in [0.2, 0.25) is 0 Å². The number of benzene rings is 1. The summed E-state index contributed by atoms with van der Waals surface area (Å²) in [5.41, 5.74) is 2.02. The van der Waals surface area contributed by atoms with Crippen molar-refractivity contribution in [2.24, 2.45) is 0 Å². The third kappa shape index (κ3) is 2.74. The van der Waals surface area contributed by atoms with Crippen LogP contribution in [-0.4, -0.2) is 11.7 Å². The lowest BCUT2D eigenvalue weighted by atomic mass is 10.1. The quantitative estimate of drug-likeness (QED) is 0.798. The Bertz CT molecular complexity index is 292. The highest BCUT2D eigenvalue weighted by Crippen LogP contribution is 2.26. The van der Waals surface area contributed by atoms with E-state index in [0.717, 1.165) is 23.3 Å². The van der Waals surface area contributed by atoms with E-state index in [9.17, 15) is 5.11 Å². The summed E-state index contributed by atoms with van der Waals surface area (Å²) in [5, 5.41) is 9.55. The largest absolute Gasteiger partial charge is 0.493 e. The maximum Gasteiger partial charge on any atom is 0.125 e. The number of hydrogen-bond acceptors (Lipinski definition) is 2. The lowest BCUT2D eigenvalue weighted by Gasteiger charge is -2.13. The SMILES string of the molecule is CCCOc1ccc(C)cc1[C@@H](C)O. The molecule has 0 heterocycles. The van der Waals surface area contributed by atoms with Crippen LogP contribution in [0.5, 0.6) is 5.75 Å². The molecule has 1 rings (SSSR count). The maximum absolute atomic E-state index is 9.55. The van der Waals surface area contributed by atoms with Crippen LogP contribution in [0.4, 0.5) is 0 Å². The third-order valence-corrected chi connectivity index (χ3v) is 2.08. The molecule has 0 aliphatic carbocycles. The van der Waals surface area contributed by atoms with Crippen molar-refractivity contribution in [3.8, 4) is 5.75 Å². The van der Waals surface area contributed by atoms with E-state index in [1.807, 2.05) is 25.1 Å². The highest BCUT2D eigenvalue weighted by molar-refractivity contribution is 5.38. The first-order valence-electron chi connectivity index (χ1n) is 5.06. The fraction of sp³-hybridized carbons (Fsp3) is 0.500. The zero-order chi connectivity index (χ0) is 10.6.